The summed E-state index contributed by atoms with van der Waals surface area (Å²) < 4.78 is 16.5. The molecule has 14 aromatic rings. The first-order valence-corrected chi connectivity index (χ1v) is 38.7. The Morgan fingerprint density at radius 2 is 0.541 bits per heavy atom. The summed E-state index contributed by atoms with van der Waals surface area (Å²) in [5, 5.41) is 40.6. The van der Waals surface area contributed by atoms with Gasteiger partial charge in [-0.1, -0.05) is 176 Å². The standard InChI is InChI=1S/C30H28N2O3.C29H26N2O4.C25H18N2O4.C17H19NO2.Na/c1-20-10-11-23(22-14-16-31-17-15-22)18-26(20)28(33)32-27-19-24(21-8-6-5-7-9-21)12-13-25(27)29(34)35-30(2,3)4;1-29(2,3)35-28(34)23-11-9-22(19-7-5-4-6-8-19)18-25(23)31-27(33)24-17-21(10-12-26(24)32)20-13-15-30-16-14-20;28-23-9-7-18(17-10-12-26-13-11-17)14-21(23)24(29)27-22-15-19(6-8-20(22)25(30)31)16-4-2-1-3-5-16;1-17(2,3)20-16(19)14-10-9-13(11-15(14)18)12-7-5-4-6-8-12;/h5-19H,1-4H3,(H,32,33);4-18,32H,1-3H3,(H,31,33);1-15,28H,(H,27,29)(H,30,31);4-11H,18H2,1-3H3;/q;;;;+1/p-1. The maximum Gasteiger partial charge on any atom is 1.00 e. The van der Waals surface area contributed by atoms with Gasteiger partial charge >= 0.3 is 47.5 Å². The van der Waals surface area contributed by atoms with Crippen LogP contribution in [0.15, 0.2) is 322 Å². The summed E-state index contributed by atoms with van der Waals surface area (Å²) in [5.74, 6) is -4.72. The molecule has 0 unspecified atom stereocenters. The summed E-state index contributed by atoms with van der Waals surface area (Å²) in [6.45, 7) is 18.2. The number of nitrogens with zero attached hydrogens (tertiary/aromatic N) is 3. The van der Waals surface area contributed by atoms with Gasteiger partial charge in [0.15, 0.2) is 0 Å². The number of amides is 3. The van der Waals surface area contributed by atoms with Crippen molar-refractivity contribution in [2.45, 2.75) is 86.0 Å². The minimum atomic E-state index is -1.41. The number of rotatable bonds is 17. The number of aromatic nitrogens is 3. The van der Waals surface area contributed by atoms with E-state index in [0.717, 1.165) is 77.9 Å². The van der Waals surface area contributed by atoms with E-state index in [1.807, 2.05) is 237 Å². The van der Waals surface area contributed by atoms with Gasteiger partial charge in [0.05, 0.1) is 50.8 Å². The van der Waals surface area contributed by atoms with Crippen molar-refractivity contribution >= 4 is 64.3 Å². The fourth-order valence-corrected chi connectivity index (χ4v) is 12.5. The second-order valence-corrected chi connectivity index (χ2v) is 30.9. The van der Waals surface area contributed by atoms with Crippen molar-refractivity contribution in [3.05, 3.63) is 367 Å². The Balaban J connectivity index is 0.000000173. The van der Waals surface area contributed by atoms with Gasteiger partial charge in [-0.2, -0.15) is 0 Å². The smallest absolute Gasteiger partial charge is 0.545 e. The van der Waals surface area contributed by atoms with Crippen LogP contribution in [0.3, 0.4) is 0 Å². The van der Waals surface area contributed by atoms with E-state index in [9.17, 15) is 48.9 Å². The van der Waals surface area contributed by atoms with Crippen molar-refractivity contribution in [2.24, 2.45) is 0 Å². The van der Waals surface area contributed by atoms with E-state index in [1.54, 1.807) is 137 Å². The van der Waals surface area contributed by atoms with Gasteiger partial charge in [0.25, 0.3) is 17.7 Å². The third-order valence-electron chi connectivity index (χ3n) is 18.4. The molecule has 7 N–H and O–H groups in total. The van der Waals surface area contributed by atoms with Crippen LogP contribution in [-0.4, -0.2) is 83.6 Å². The second kappa shape index (κ2) is 40.8. The number of benzene rings is 11. The van der Waals surface area contributed by atoms with Crippen molar-refractivity contribution in [3.63, 3.8) is 0 Å². The zero-order valence-electron chi connectivity index (χ0n) is 69.4. The molecular weight excluding hydrogens is 1540 g/mol. The maximum absolute atomic E-state index is 13.5. The number of phenols is 2. The number of carboxylic acid groups (broad SMARTS) is 1. The maximum atomic E-state index is 13.5. The molecule has 0 saturated carbocycles. The molecule has 14 rings (SSSR count). The topological polar surface area (TPSA) is 311 Å². The number of nitrogens with one attached hydrogen (secondary N) is 3. The van der Waals surface area contributed by atoms with E-state index in [4.69, 9.17) is 19.9 Å². The quantitative estimate of drug-likeness (QED) is 0.0214. The van der Waals surface area contributed by atoms with Gasteiger partial charge in [-0.05, 0) is 262 Å². The summed E-state index contributed by atoms with van der Waals surface area (Å²) in [7, 11) is 0. The number of carboxylic acids is 1. The van der Waals surface area contributed by atoms with Crippen LogP contribution in [0.4, 0.5) is 22.7 Å². The molecule has 0 fully saturated rings. The average Bonchev–Trinajstić information content (AvgIpc) is 0.806. The van der Waals surface area contributed by atoms with Gasteiger partial charge in [0.2, 0.25) is 0 Å². The molecule has 3 amide bonds. The molecule has 0 radical (unpaired) electrons. The summed E-state index contributed by atoms with van der Waals surface area (Å²) in [4.78, 5) is 101. The predicted octanol–water partition coefficient (Wildman–Crippen LogP) is 17.9. The minimum Gasteiger partial charge on any atom is -0.545 e. The van der Waals surface area contributed by atoms with Crippen LogP contribution >= 0.6 is 0 Å². The molecule has 3 heterocycles. The monoisotopic (exact) mass is 1630 g/mol. The molecule has 0 aliphatic carbocycles. The molecule has 122 heavy (non-hydrogen) atoms. The summed E-state index contributed by atoms with van der Waals surface area (Å²) in [6, 6.07) is 85.5. The van der Waals surface area contributed by atoms with Crippen LogP contribution in [-0.2, 0) is 14.2 Å². The molecule has 21 heteroatoms. The van der Waals surface area contributed by atoms with Crippen LogP contribution in [0, 0.1) is 6.92 Å². The molecule has 608 valence electrons. The SMILES string of the molecule is CC(C)(C)OC(=O)c1ccc(-c2ccccc2)cc1N.CC(C)(C)OC(=O)c1ccc(-c2ccccc2)cc1NC(=O)c1cc(-c2ccncc2)ccc1O.Cc1ccc(-c2ccncc2)cc1C(=O)Nc1cc(-c2ccccc2)ccc1C(=O)OC(C)(C)C.O=C(Nc1cc(-c2ccccc2)ccc1C(=O)[O-])c1cc(-c2ccncc2)ccc1O.[Na+]. The van der Waals surface area contributed by atoms with Crippen molar-refractivity contribution in [3.8, 4) is 89.4 Å². The van der Waals surface area contributed by atoms with E-state index in [1.165, 1.54) is 18.2 Å². The number of carbonyl (C=O) groups is 7. The number of phenolic OH excluding ortho intramolecular Hbond substituents is 2. The van der Waals surface area contributed by atoms with Crippen LogP contribution in [0.2, 0.25) is 0 Å². The zero-order valence-corrected chi connectivity index (χ0v) is 71.4. The first-order chi connectivity index (χ1) is 57.8. The molecule has 3 aromatic heterocycles. The summed E-state index contributed by atoms with van der Waals surface area (Å²) in [5.41, 5.74) is 19.8. The average molecular weight is 1630 g/mol. The number of ether oxygens (including phenoxy) is 3. The van der Waals surface area contributed by atoms with Gasteiger partial charge < -0.3 is 56.0 Å². The van der Waals surface area contributed by atoms with Gasteiger partial charge in [0.1, 0.15) is 28.3 Å². The Morgan fingerprint density at radius 1 is 0.295 bits per heavy atom. The van der Waals surface area contributed by atoms with Crippen molar-refractivity contribution in [1.29, 1.82) is 0 Å². The van der Waals surface area contributed by atoms with E-state index < -0.39 is 52.5 Å². The van der Waals surface area contributed by atoms with Gasteiger partial charge in [-0.3, -0.25) is 29.3 Å². The Hall–Kier alpha value is -14.4. The number of hydrogen-bond donors (Lipinski definition) is 6. The van der Waals surface area contributed by atoms with Crippen LogP contribution < -0.4 is 56.3 Å². The van der Waals surface area contributed by atoms with E-state index >= 15 is 0 Å². The number of aromatic carboxylic acids is 1. The molecule has 0 bridgehead atoms. The number of anilines is 4. The number of aromatic hydroxyl groups is 2. The van der Waals surface area contributed by atoms with Crippen molar-refractivity contribution in [2.75, 3.05) is 21.7 Å². The van der Waals surface area contributed by atoms with Gasteiger partial charge in [0, 0.05) is 54.0 Å². The van der Waals surface area contributed by atoms with E-state index in [-0.39, 0.29) is 74.9 Å². The molecule has 0 aliphatic rings. The fraction of sp³-hybridized carbons (Fsp3) is 0.129. The molecule has 20 nitrogen and oxygen atoms in total. The number of nitrogens with two attached hydrogens (primary N) is 1. The van der Waals surface area contributed by atoms with E-state index in [2.05, 4.69) is 30.9 Å². The number of nitrogen functional groups attached to an aromatic ring is 1. The molecule has 0 atom stereocenters. The molecule has 11 aromatic carbocycles. The van der Waals surface area contributed by atoms with E-state index in [0.29, 0.717) is 39.3 Å². The van der Waals surface area contributed by atoms with Gasteiger partial charge in [-0.25, -0.2) is 14.4 Å². The number of aryl methyl sites for hydroxylation is 1. The zero-order chi connectivity index (χ0) is 86.5. The summed E-state index contributed by atoms with van der Waals surface area (Å²) in [6.07, 6.45) is 10.0. The Morgan fingerprint density at radius 3 is 0.852 bits per heavy atom. The number of carbonyl (C=O) groups excluding carboxylic acids is 7. The largest absolute Gasteiger partial charge is 1.00 e. The molecule has 0 aliphatic heterocycles. The first kappa shape index (κ1) is 89.9. The number of pyridine rings is 3. The normalized spacial score (nSPS) is 10.8. The van der Waals surface area contributed by atoms with Crippen molar-refractivity contribution in [1.82, 2.24) is 15.0 Å². The van der Waals surface area contributed by atoms with Gasteiger partial charge in [-0.15, -0.1) is 0 Å². The Labute approximate surface area is 730 Å². The second-order valence-electron chi connectivity index (χ2n) is 30.9. The van der Waals surface area contributed by atoms with Crippen molar-refractivity contribution < 1.29 is 92.6 Å². The minimum absolute atomic E-state index is 0. The van der Waals surface area contributed by atoms with Crippen LogP contribution in [0.1, 0.15) is 140 Å². The molecule has 0 saturated heterocycles. The third-order valence-corrected chi connectivity index (χ3v) is 18.4. The number of hydrogen-bond acceptors (Lipinski definition) is 17. The molecule has 0 spiro atoms. The predicted molar refractivity (Wildman–Crippen MR) is 473 cm³/mol. The summed E-state index contributed by atoms with van der Waals surface area (Å²) >= 11 is 0. The molecular formula is C101H90N7NaO13. The fourth-order valence-electron chi connectivity index (χ4n) is 12.5. The van der Waals surface area contributed by atoms with Crippen LogP contribution in [0.5, 0.6) is 11.5 Å². The number of esters is 3. The Bertz CT molecular complexity index is 5830. The van der Waals surface area contributed by atoms with Crippen LogP contribution in [0.25, 0.3) is 77.9 Å². The Kier molecular flexibility index (Phi) is 30.1. The third kappa shape index (κ3) is 24.8. The first-order valence-electron chi connectivity index (χ1n) is 38.7.